The molecule has 1 rings (SSSR count). The molecule has 0 amide bonds. The highest BCUT2D eigenvalue weighted by Gasteiger charge is 2.01. The van der Waals surface area contributed by atoms with Gasteiger partial charge in [-0.25, -0.2) is 0 Å². The van der Waals surface area contributed by atoms with Crippen LogP contribution in [-0.4, -0.2) is 17.8 Å². The summed E-state index contributed by atoms with van der Waals surface area (Å²) in [5, 5.41) is 9.51. The number of ether oxygens (including phenoxy) is 1. The Morgan fingerprint density at radius 1 is 1.19 bits per heavy atom. The van der Waals surface area contributed by atoms with Crippen molar-refractivity contribution in [1.82, 2.24) is 0 Å². The first-order valence-corrected chi connectivity index (χ1v) is 6.12. The van der Waals surface area contributed by atoms with E-state index >= 15 is 0 Å². The van der Waals surface area contributed by atoms with Crippen molar-refractivity contribution in [2.75, 3.05) is 6.61 Å². The maximum atomic E-state index is 9.51. The standard InChI is InChI=1S/C14H22O2/c1-2-7-14(15)10-6-11-16-12-13-8-4-3-5-9-13/h3-5,8-9,14-15H,2,6-7,10-12H2,1H3/t14-/m0/s1. The first-order valence-electron chi connectivity index (χ1n) is 6.12. The lowest BCUT2D eigenvalue weighted by Crippen LogP contribution is -2.07. The van der Waals surface area contributed by atoms with Gasteiger partial charge < -0.3 is 9.84 Å². The molecule has 0 bridgehead atoms. The molecule has 0 aromatic heterocycles. The summed E-state index contributed by atoms with van der Waals surface area (Å²) in [4.78, 5) is 0. The summed E-state index contributed by atoms with van der Waals surface area (Å²) in [6, 6.07) is 10.2. The molecule has 16 heavy (non-hydrogen) atoms. The van der Waals surface area contributed by atoms with Crippen LogP contribution in [0.5, 0.6) is 0 Å². The average Bonchev–Trinajstić information content (AvgIpc) is 2.30. The van der Waals surface area contributed by atoms with E-state index in [9.17, 15) is 5.11 Å². The summed E-state index contributed by atoms with van der Waals surface area (Å²) < 4.78 is 5.54. The number of rotatable bonds is 8. The molecule has 0 aliphatic heterocycles. The van der Waals surface area contributed by atoms with Gasteiger partial charge in [0.2, 0.25) is 0 Å². The van der Waals surface area contributed by atoms with Crippen LogP contribution in [-0.2, 0) is 11.3 Å². The van der Waals surface area contributed by atoms with E-state index in [1.54, 1.807) is 0 Å². The van der Waals surface area contributed by atoms with Gasteiger partial charge in [-0.15, -0.1) is 0 Å². The molecule has 1 aromatic carbocycles. The van der Waals surface area contributed by atoms with Gasteiger partial charge in [0.1, 0.15) is 0 Å². The molecular weight excluding hydrogens is 200 g/mol. The van der Waals surface area contributed by atoms with E-state index in [0.29, 0.717) is 6.61 Å². The minimum atomic E-state index is -0.148. The largest absolute Gasteiger partial charge is 0.393 e. The van der Waals surface area contributed by atoms with E-state index in [1.165, 1.54) is 5.56 Å². The first kappa shape index (κ1) is 13.2. The van der Waals surface area contributed by atoms with Crippen LogP contribution < -0.4 is 0 Å². The summed E-state index contributed by atoms with van der Waals surface area (Å²) in [6.45, 7) is 3.50. The monoisotopic (exact) mass is 222 g/mol. The van der Waals surface area contributed by atoms with Crippen molar-refractivity contribution >= 4 is 0 Å². The third kappa shape index (κ3) is 5.89. The molecule has 0 aliphatic carbocycles. The minimum Gasteiger partial charge on any atom is -0.393 e. The highest BCUT2D eigenvalue weighted by molar-refractivity contribution is 5.13. The predicted molar refractivity (Wildman–Crippen MR) is 66.2 cm³/mol. The maximum Gasteiger partial charge on any atom is 0.0716 e. The van der Waals surface area contributed by atoms with Gasteiger partial charge in [0.15, 0.2) is 0 Å². The fourth-order valence-electron chi connectivity index (χ4n) is 1.66. The lowest BCUT2D eigenvalue weighted by molar-refractivity contribution is 0.0944. The van der Waals surface area contributed by atoms with Crippen molar-refractivity contribution in [2.24, 2.45) is 0 Å². The zero-order valence-corrected chi connectivity index (χ0v) is 10.1. The van der Waals surface area contributed by atoms with Gasteiger partial charge in [0, 0.05) is 6.61 Å². The number of aliphatic hydroxyl groups excluding tert-OH is 1. The Kier molecular flexibility index (Phi) is 6.86. The van der Waals surface area contributed by atoms with Crippen LogP contribution in [0.3, 0.4) is 0 Å². The predicted octanol–water partition coefficient (Wildman–Crippen LogP) is 3.14. The SMILES string of the molecule is CCC[C@H](O)CCCOCc1ccccc1. The summed E-state index contributed by atoms with van der Waals surface area (Å²) >= 11 is 0. The van der Waals surface area contributed by atoms with E-state index in [4.69, 9.17) is 4.74 Å². The minimum absolute atomic E-state index is 0.148. The normalized spacial score (nSPS) is 12.6. The van der Waals surface area contributed by atoms with Gasteiger partial charge in [0.25, 0.3) is 0 Å². The van der Waals surface area contributed by atoms with E-state index < -0.39 is 0 Å². The van der Waals surface area contributed by atoms with Gasteiger partial charge in [-0.2, -0.15) is 0 Å². The highest BCUT2D eigenvalue weighted by atomic mass is 16.5. The Hall–Kier alpha value is -0.860. The third-order valence-electron chi connectivity index (χ3n) is 2.56. The molecule has 0 spiro atoms. The molecule has 0 heterocycles. The summed E-state index contributed by atoms with van der Waals surface area (Å²) in [5.74, 6) is 0. The van der Waals surface area contributed by atoms with Crippen LogP contribution in [0.15, 0.2) is 30.3 Å². The summed E-state index contributed by atoms with van der Waals surface area (Å²) in [6.07, 6.45) is 3.59. The lowest BCUT2D eigenvalue weighted by atomic mass is 10.1. The molecule has 0 saturated carbocycles. The topological polar surface area (TPSA) is 29.5 Å². The Labute approximate surface area is 98.3 Å². The van der Waals surface area contributed by atoms with Crippen LogP contribution in [0.1, 0.15) is 38.2 Å². The number of hydrogen-bond acceptors (Lipinski definition) is 2. The van der Waals surface area contributed by atoms with Gasteiger partial charge in [0.05, 0.1) is 12.7 Å². The molecule has 2 heteroatoms. The number of benzene rings is 1. The number of aliphatic hydroxyl groups is 1. The Morgan fingerprint density at radius 2 is 1.94 bits per heavy atom. The molecule has 0 saturated heterocycles. The molecule has 0 aliphatic rings. The molecular formula is C14H22O2. The van der Waals surface area contributed by atoms with Crippen molar-refractivity contribution in [2.45, 2.75) is 45.3 Å². The molecule has 1 N–H and O–H groups in total. The second kappa shape index (κ2) is 8.31. The van der Waals surface area contributed by atoms with Crippen molar-refractivity contribution in [1.29, 1.82) is 0 Å². The van der Waals surface area contributed by atoms with Crippen LogP contribution >= 0.6 is 0 Å². The van der Waals surface area contributed by atoms with Crippen molar-refractivity contribution in [3.63, 3.8) is 0 Å². The van der Waals surface area contributed by atoms with Gasteiger partial charge in [-0.05, 0) is 24.8 Å². The molecule has 1 atom stereocenters. The van der Waals surface area contributed by atoms with Crippen LogP contribution in [0.25, 0.3) is 0 Å². The highest BCUT2D eigenvalue weighted by Crippen LogP contribution is 2.06. The summed E-state index contributed by atoms with van der Waals surface area (Å²) in [7, 11) is 0. The van der Waals surface area contributed by atoms with Crippen molar-refractivity contribution in [3.05, 3.63) is 35.9 Å². The molecule has 2 nitrogen and oxygen atoms in total. The van der Waals surface area contributed by atoms with Gasteiger partial charge in [-0.1, -0.05) is 43.7 Å². The molecule has 90 valence electrons. The molecule has 0 radical (unpaired) electrons. The smallest absolute Gasteiger partial charge is 0.0716 e. The fraction of sp³-hybridized carbons (Fsp3) is 0.571. The van der Waals surface area contributed by atoms with Gasteiger partial charge in [-0.3, -0.25) is 0 Å². The van der Waals surface area contributed by atoms with Crippen LogP contribution in [0, 0.1) is 0 Å². The Bertz CT molecular complexity index is 259. The molecule has 0 fully saturated rings. The van der Waals surface area contributed by atoms with Crippen LogP contribution in [0.2, 0.25) is 0 Å². The first-order chi connectivity index (χ1) is 7.83. The molecule has 1 aromatic rings. The second-order valence-corrected chi connectivity index (χ2v) is 4.12. The average molecular weight is 222 g/mol. The van der Waals surface area contributed by atoms with E-state index in [0.717, 1.165) is 32.3 Å². The second-order valence-electron chi connectivity index (χ2n) is 4.12. The van der Waals surface area contributed by atoms with E-state index in [2.05, 4.69) is 19.1 Å². The van der Waals surface area contributed by atoms with Crippen molar-refractivity contribution < 1.29 is 9.84 Å². The Morgan fingerprint density at radius 3 is 2.62 bits per heavy atom. The number of hydrogen-bond donors (Lipinski definition) is 1. The zero-order valence-electron chi connectivity index (χ0n) is 10.1. The zero-order chi connectivity index (χ0) is 11.6. The third-order valence-corrected chi connectivity index (χ3v) is 2.56. The Balaban J connectivity index is 2.00. The lowest BCUT2D eigenvalue weighted by Gasteiger charge is -2.09. The fourth-order valence-corrected chi connectivity index (χ4v) is 1.66. The molecule has 0 unspecified atom stereocenters. The quantitative estimate of drug-likeness (QED) is 0.685. The summed E-state index contributed by atoms with van der Waals surface area (Å²) in [5.41, 5.74) is 1.21. The van der Waals surface area contributed by atoms with E-state index in [-0.39, 0.29) is 6.10 Å². The van der Waals surface area contributed by atoms with Crippen molar-refractivity contribution in [3.8, 4) is 0 Å². The van der Waals surface area contributed by atoms with Gasteiger partial charge >= 0.3 is 0 Å². The van der Waals surface area contributed by atoms with E-state index in [1.807, 2.05) is 18.2 Å². The maximum absolute atomic E-state index is 9.51. The van der Waals surface area contributed by atoms with Crippen LogP contribution in [0.4, 0.5) is 0 Å².